The molecule has 1 rings (SSSR count). The quantitative estimate of drug-likeness (QED) is 0.516. The van der Waals surface area contributed by atoms with Gasteiger partial charge >= 0.3 is 0 Å². The third kappa shape index (κ3) is 3.56. The highest BCUT2D eigenvalue weighted by molar-refractivity contribution is 7.98. The van der Waals surface area contributed by atoms with Crippen molar-refractivity contribution in [2.45, 2.75) is 18.9 Å². The van der Waals surface area contributed by atoms with Gasteiger partial charge < -0.3 is 4.74 Å². The highest BCUT2D eigenvalue weighted by atomic mass is 32.2. The van der Waals surface area contributed by atoms with Crippen LogP contribution in [-0.2, 0) is 4.74 Å². The number of ether oxygens (including phenoxy) is 1. The van der Waals surface area contributed by atoms with Crippen molar-refractivity contribution in [2.75, 3.05) is 31.5 Å². The van der Waals surface area contributed by atoms with Gasteiger partial charge in [-0.05, 0) is 25.4 Å². The van der Waals surface area contributed by atoms with Crippen LogP contribution in [0.3, 0.4) is 0 Å². The van der Waals surface area contributed by atoms with Gasteiger partial charge in [0.1, 0.15) is 0 Å². The summed E-state index contributed by atoms with van der Waals surface area (Å²) in [6, 6.07) is 0. The average molecular weight is 207 g/mol. The van der Waals surface area contributed by atoms with Crippen LogP contribution in [-0.4, -0.2) is 41.9 Å². The van der Waals surface area contributed by atoms with Gasteiger partial charge in [0.2, 0.25) is 0 Å². The summed E-state index contributed by atoms with van der Waals surface area (Å²) in [5, 5.41) is 0. The van der Waals surface area contributed by atoms with Gasteiger partial charge in [0.15, 0.2) is 0 Å². The van der Waals surface area contributed by atoms with E-state index in [1.165, 1.54) is 25.9 Å². The minimum Gasteiger partial charge on any atom is -0.368 e. The third-order valence-electron chi connectivity index (χ3n) is 2.08. The second kappa shape index (κ2) is 6.13. The summed E-state index contributed by atoms with van der Waals surface area (Å²) in [5.74, 6) is 0.851. The summed E-state index contributed by atoms with van der Waals surface area (Å²) < 4.78 is 8.05. The largest absolute Gasteiger partial charge is 0.368 e. The maximum atomic E-state index is 5.65. The van der Waals surface area contributed by atoms with Gasteiger partial charge in [-0.25, -0.2) is 0 Å². The molecule has 0 bridgehead atoms. The van der Waals surface area contributed by atoms with E-state index in [9.17, 15) is 0 Å². The Morgan fingerprint density at radius 1 is 1.33 bits per heavy atom. The molecule has 1 saturated heterocycles. The first-order valence-corrected chi connectivity index (χ1v) is 6.84. The Bertz CT molecular complexity index is 116. The number of rotatable bonds is 4. The molecule has 1 aliphatic heterocycles. The van der Waals surface area contributed by atoms with Crippen LogP contribution in [0.15, 0.2) is 0 Å². The molecule has 0 unspecified atom stereocenters. The molecule has 2 nitrogen and oxygen atoms in total. The molecule has 0 N–H and O–H groups in total. The zero-order chi connectivity index (χ0) is 8.81. The summed E-state index contributed by atoms with van der Waals surface area (Å²) in [4.78, 5) is 0. The van der Waals surface area contributed by atoms with Gasteiger partial charge in [-0.3, -0.25) is 4.31 Å². The van der Waals surface area contributed by atoms with Crippen LogP contribution in [0.4, 0.5) is 0 Å². The van der Waals surface area contributed by atoms with Crippen molar-refractivity contribution >= 4 is 23.7 Å². The van der Waals surface area contributed by atoms with Crippen LogP contribution < -0.4 is 0 Å². The zero-order valence-electron chi connectivity index (χ0n) is 7.78. The van der Waals surface area contributed by atoms with E-state index >= 15 is 0 Å². The molecule has 0 aromatic rings. The number of hydrogen-bond acceptors (Lipinski definition) is 4. The molecule has 0 saturated carbocycles. The fraction of sp³-hybridized carbons (Fsp3) is 1.00. The second-order valence-electron chi connectivity index (χ2n) is 2.88. The third-order valence-corrected chi connectivity index (χ3v) is 3.33. The highest BCUT2D eigenvalue weighted by Gasteiger charge is 2.18. The van der Waals surface area contributed by atoms with Crippen LogP contribution in [0.5, 0.6) is 0 Å². The van der Waals surface area contributed by atoms with Crippen LogP contribution in [0.25, 0.3) is 0 Å². The molecule has 4 heteroatoms. The van der Waals surface area contributed by atoms with E-state index in [0.29, 0.717) is 6.10 Å². The first kappa shape index (κ1) is 10.7. The molecule has 1 heterocycles. The van der Waals surface area contributed by atoms with Crippen molar-refractivity contribution in [2.24, 2.45) is 0 Å². The van der Waals surface area contributed by atoms with Crippen molar-refractivity contribution < 1.29 is 4.74 Å². The Morgan fingerprint density at radius 3 is 2.50 bits per heavy atom. The van der Waals surface area contributed by atoms with Gasteiger partial charge in [-0.15, -0.1) is 11.8 Å². The van der Waals surface area contributed by atoms with Crippen molar-refractivity contribution in [1.29, 1.82) is 0 Å². The lowest BCUT2D eigenvalue weighted by atomic mass is 10.1. The maximum absolute atomic E-state index is 5.65. The molecule has 12 heavy (non-hydrogen) atoms. The topological polar surface area (TPSA) is 12.5 Å². The molecular formula is C8H17NOS2. The average Bonchev–Trinajstić information content (AvgIpc) is 2.15. The molecule has 0 aliphatic carbocycles. The van der Waals surface area contributed by atoms with Crippen LogP contribution in [0, 0.1) is 0 Å². The van der Waals surface area contributed by atoms with Crippen molar-refractivity contribution in [3.63, 3.8) is 0 Å². The molecule has 0 amide bonds. The van der Waals surface area contributed by atoms with E-state index in [1.54, 1.807) is 11.8 Å². The lowest BCUT2D eigenvalue weighted by molar-refractivity contribution is 0.0526. The first-order valence-electron chi connectivity index (χ1n) is 4.26. The summed E-state index contributed by atoms with van der Waals surface area (Å²) in [6.07, 6.45) is 7.13. The Labute approximate surface area is 83.5 Å². The lowest BCUT2D eigenvalue weighted by Crippen LogP contribution is -2.32. The van der Waals surface area contributed by atoms with E-state index in [2.05, 4.69) is 16.8 Å². The molecule has 1 fully saturated rings. The normalized spacial score (nSPS) is 21.5. The first-order chi connectivity index (χ1) is 5.86. The Morgan fingerprint density at radius 2 is 2.00 bits per heavy atom. The fourth-order valence-corrected chi connectivity index (χ4v) is 2.25. The van der Waals surface area contributed by atoms with Gasteiger partial charge in [-0.1, -0.05) is 11.9 Å². The molecule has 1 aliphatic rings. The van der Waals surface area contributed by atoms with E-state index in [4.69, 9.17) is 4.74 Å². The zero-order valence-corrected chi connectivity index (χ0v) is 9.42. The predicted octanol–water partition coefficient (Wildman–Crippen LogP) is 2.07. The minimum atomic E-state index is 0.515. The van der Waals surface area contributed by atoms with Crippen molar-refractivity contribution in [1.82, 2.24) is 4.31 Å². The molecule has 0 aromatic heterocycles. The van der Waals surface area contributed by atoms with Gasteiger partial charge in [0.25, 0.3) is 0 Å². The lowest BCUT2D eigenvalue weighted by Gasteiger charge is -2.29. The summed E-state index contributed by atoms with van der Waals surface area (Å²) in [6.45, 7) is 2.36. The molecule has 0 atom stereocenters. The fourth-order valence-electron chi connectivity index (χ4n) is 1.35. The molecule has 0 aromatic carbocycles. The Balaban J connectivity index is 2.09. The Kier molecular flexibility index (Phi) is 5.47. The SMILES string of the molecule is CSCOC1CCN(SC)CC1. The second-order valence-corrected chi connectivity index (χ2v) is 4.58. The van der Waals surface area contributed by atoms with Crippen LogP contribution in [0.1, 0.15) is 12.8 Å². The number of hydrogen-bond donors (Lipinski definition) is 0. The molecule has 0 spiro atoms. The number of thioether (sulfide) groups is 1. The predicted molar refractivity (Wildman–Crippen MR) is 57.6 cm³/mol. The molecule has 72 valence electrons. The maximum Gasteiger partial charge on any atom is 0.0921 e. The minimum absolute atomic E-state index is 0.515. The monoisotopic (exact) mass is 207 g/mol. The summed E-state index contributed by atoms with van der Waals surface area (Å²) in [7, 11) is 0. The molecular weight excluding hydrogens is 190 g/mol. The smallest absolute Gasteiger partial charge is 0.0921 e. The number of nitrogens with zero attached hydrogens (tertiary/aromatic N) is 1. The van der Waals surface area contributed by atoms with E-state index in [-0.39, 0.29) is 0 Å². The van der Waals surface area contributed by atoms with Crippen molar-refractivity contribution in [3.8, 4) is 0 Å². The Hall–Kier alpha value is 0.620. The van der Waals surface area contributed by atoms with Gasteiger partial charge in [-0.2, -0.15) is 0 Å². The van der Waals surface area contributed by atoms with E-state index in [0.717, 1.165) is 5.94 Å². The van der Waals surface area contributed by atoms with Crippen molar-refractivity contribution in [3.05, 3.63) is 0 Å². The summed E-state index contributed by atoms with van der Waals surface area (Å²) in [5.41, 5.74) is 0. The van der Waals surface area contributed by atoms with E-state index in [1.807, 2.05) is 11.9 Å². The summed E-state index contributed by atoms with van der Waals surface area (Å²) >= 11 is 3.60. The highest BCUT2D eigenvalue weighted by Crippen LogP contribution is 2.18. The molecule has 0 radical (unpaired) electrons. The van der Waals surface area contributed by atoms with Gasteiger partial charge in [0, 0.05) is 13.1 Å². The standard InChI is InChI=1S/C8H17NOS2/c1-11-7-10-8-3-5-9(12-2)6-4-8/h8H,3-7H2,1-2H3. The van der Waals surface area contributed by atoms with E-state index < -0.39 is 0 Å². The number of piperidine rings is 1. The van der Waals surface area contributed by atoms with Gasteiger partial charge in [0.05, 0.1) is 12.0 Å². The van der Waals surface area contributed by atoms with Crippen LogP contribution >= 0.6 is 23.7 Å². The van der Waals surface area contributed by atoms with Crippen LogP contribution in [0.2, 0.25) is 0 Å².